The van der Waals surface area contributed by atoms with Gasteiger partial charge in [-0.1, -0.05) is 201 Å². The highest BCUT2D eigenvalue weighted by molar-refractivity contribution is 5.85. The molecule has 0 unspecified atom stereocenters. The Balaban J connectivity index is 4.27. The first-order chi connectivity index (χ1) is 24.0. The fourth-order valence-corrected chi connectivity index (χ4v) is 6.44. The summed E-state index contributed by atoms with van der Waals surface area (Å²) in [6.07, 6.45) is 39.0. The van der Waals surface area contributed by atoms with Crippen molar-refractivity contribution in [2.24, 2.45) is 0 Å². The van der Waals surface area contributed by atoms with Gasteiger partial charge in [0.15, 0.2) is 0 Å². The molecule has 6 heteroatoms. The third-order valence-electron chi connectivity index (χ3n) is 9.77. The van der Waals surface area contributed by atoms with Crippen LogP contribution in [0.25, 0.3) is 0 Å². The molecule has 0 rings (SSSR count). The van der Waals surface area contributed by atoms with Crippen LogP contribution < -0.4 is 5.32 Å². The van der Waals surface area contributed by atoms with E-state index >= 15 is 0 Å². The molecule has 6 nitrogen and oxygen atoms in total. The molecular weight excluding hydrogens is 610 g/mol. The van der Waals surface area contributed by atoms with Gasteiger partial charge in [-0.2, -0.15) is 0 Å². The molecule has 290 valence electrons. The number of ether oxygens (including phenoxy) is 2. The minimum absolute atomic E-state index is 0.104. The standard InChI is InChI=1S/C43H83NO5/c1-4-7-10-13-16-18-20-21-22-23-24-25-27-29-32-35-41(45)44-40(36-37-42(46)48-38-33-30-15-12-9-6-3)43(47)49-39-34-31-28-26-19-17-14-11-8-5-2/h40H,4-39H2,1-3H3,(H,44,45)/t40-/m0/s1. The molecule has 0 aromatic heterocycles. The summed E-state index contributed by atoms with van der Waals surface area (Å²) in [6, 6.07) is -0.798. The number of hydrogen-bond donors (Lipinski definition) is 1. The highest BCUT2D eigenvalue weighted by atomic mass is 16.5. The summed E-state index contributed by atoms with van der Waals surface area (Å²) in [7, 11) is 0. The zero-order valence-electron chi connectivity index (χ0n) is 33.1. The van der Waals surface area contributed by atoms with Crippen molar-refractivity contribution in [3.05, 3.63) is 0 Å². The van der Waals surface area contributed by atoms with Gasteiger partial charge in [0.05, 0.1) is 13.2 Å². The van der Waals surface area contributed by atoms with Crippen LogP contribution in [-0.2, 0) is 23.9 Å². The van der Waals surface area contributed by atoms with Crippen molar-refractivity contribution in [2.75, 3.05) is 13.2 Å². The van der Waals surface area contributed by atoms with Crippen LogP contribution in [0.15, 0.2) is 0 Å². The predicted molar refractivity (Wildman–Crippen MR) is 208 cm³/mol. The first-order valence-corrected chi connectivity index (χ1v) is 21.7. The van der Waals surface area contributed by atoms with Crippen molar-refractivity contribution >= 4 is 17.8 Å². The van der Waals surface area contributed by atoms with Crippen molar-refractivity contribution in [1.82, 2.24) is 5.32 Å². The van der Waals surface area contributed by atoms with Gasteiger partial charge in [0.25, 0.3) is 0 Å². The Morgan fingerprint density at radius 1 is 0.408 bits per heavy atom. The SMILES string of the molecule is CCCCCCCCCCCCCCCCCC(=O)N[C@@H](CCC(=O)OCCCCCCCC)C(=O)OCCCCCCCCCCCC. The lowest BCUT2D eigenvalue weighted by molar-refractivity contribution is -0.149. The van der Waals surface area contributed by atoms with Crippen LogP contribution >= 0.6 is 0 Å². The second-order valence-electron chi connectivity index (χ2n) is 14.7. The highest BCUT2D eigenvalue weighted by Crippen LogP contribution is 2.15. The number of rotatable bonds is 39. The van der Waals surface area contributed by atoms with Gasteiger partial charge in [0.2, 0.25) is 5.91 Å². The maximum atomic E-state index is 13.0. The number of nitrogens with one attached hydrogen (secondary N) is 1. The quantitative estimate of drug-likeness (QED) is 0.0512. The van der Waals surface area contributed by atoms with Crippen LogP contribution in [-0.4, -0.2) is 37.1 Å². The predicted octanol–water partition coefficient (Wildman–Crippen LogP) is 12.9. The van der Waals surface area contributed by atoms with Crippen molar-refractivity contribution in [1.29, 1.82) is 0 Å². The Labute approximate surface area is 304 Å². The molecule has 0 bridgehead atoms. The largest absolute Gasteiger partial charge is 0.466 e. The zero-order valence-corrected chi connectivity index (χ0v) is 33.1. The van der Waals surface area contributed by atoms with Crippen LogP contribution in [0.5, 0.6) is 0 Å². The monoisotopic (exact) mass is 694 g/mol. The van der Waals surface area contributed by atoms with E-state index in [4.69, 9.17) is 9.47 Å². The minimum atomic E-state index is -0.798. The molecule has 49 heavy (non-hydrogen) atoms. The normalized spacial score (nSPS) is 11.8. The zero-order chi connectivity index (χ0) is 35.9. The van der Waals surface area contributed by atoms with E-state index in [1.165, 1.54) is 148 Å². The third-order valence-corrected chi connectivity index (χ3v) is 9.77. The summed E-state index contributed by atoms with van der Waals surface area (Å²) < 4.78 is 11.0. The lowest BCUT2D eigenvalue weighted by atomic mass is 10.0. The molecule has 1 atom stereocenters. The lowest BCUT2D eigenvalue weighted by Gasteiger charge is -2.18. The molecule has 0 aliphatic rings. The van der Waals surface area contributed by atoms with Crippen LogP contribution in [0, 0.1) is 0 Å². The lowest BCUT2D eigenvalue weighted by Crippen LogP contribution is -2.42. The van der Waals surface area contributed by atoms with Gasteiger partial charge >= 0.3 is 11.9 Å². The summed E-state index contributed by atoms with van der Waals surface area (Å²) >= 11 is 0. The maximum Gasteiger partial charge on any atom is 0.328 e. The van der Waals surface area contributed by atoms with E-state index in [1.54, 1.807) is 0 Å². The first-order valence-electron chi connectivity index (χ1n) is 21.7. The summed E-state index contributed by atoms with van der Waals surface area (Å²) in [5.41, 5.74) is 0. The van der Waals surface area contributed by atoms with Crippen molar-refractivity contribution in [2.45, 2.75) is 245 Å². The second-order valence-corrected chi connectivity index (χ2v) is 14.7. The molecule has 0 aliphatic carbocycles. The molecule has 1 N–H and O–H groups in total. The average molecular weight is 694 g/mol. The van der Waals surface area contributed by atoms with Crippen molar-refractivity contribution in [3.8, 4) is 0 Å². The summed E-state index contributed by atoms with van der Waals surface area (Å²) in [5.74, 6) is -0.863. The molecule has 0 radical (unpaired) electrons. The Morgan fingerprint density at radius 2 is 0.735 bits per heavy atom. The number of esters is 2. The Morgan fingerprint density at radius 3 is 1.12 bits per heavy atom. The summed E-state index contributed by atoms with van der Waals surface area (Å²) in [5, 5.41) is 2.89. The first kappa shape index (κ1) is 47.4. The Hall–Kier alpha value is -1.59. The van der Waals surface area contributed by atoms with Crippen LogP contribution in [0.4, 0.5) is 0 Å². The van der Waals surface area contributed by atoms with Gasteiger partial charge < -0.3 is 14.8 Å². The van der Waals surface area contributed by atoms with Gasteiger partial charge in [0, 0.05) is 12.8 Å². The van der Waals surface area contributed by atoms with E-state index < -0.39 is 12.0 Å². The molecule has 0 heterocycles. The third kappa shape index (κ3) is 36.0. The number of carbonyl (C=O) groups excluding carboxylic acids is 3. The molecule has 0 fully saturated rings. The van der Waals surface area contributed by atoms with Gasteiger partial charge in [0.1, 0.15) is 6.04 Å². The van der Waals surface area contributed by atoms with E-state index in [-0.39, 0.29) is 24.7 Å². The molecule has 1 amide bonds. The van der Waals surface area contributed by atoms with Crippen LogP contribution in [0.3, 0.4) is 0 Å². The highest BCUT2D eigenvalue weighted by Gasteiger charge is 2.23. The number of unbranched alkanes of at least 4 members (excludes halogenated alkanes) is 28. The maximum absolute atomic E-state index is 13.0. The van der Waals surface area contributed by atoms with E-state index in [0.717, 1.165) is 51.4 Å². The molecular formula is C43H83NO5. The fraction of sp³-hybridized carbons (Fsp3) is 0.930. The second kappa shape index (κ2) is 39.2. The van der Waals surface area contributed by atoms with Crippen LogP contribution in [0.2, 0.25) is 0 Å². The van der Waals surface area contributed by atoms with Crippen molar-refractivity contribution in [3.63, 3.8) is 0 Å². The fourth-order valence-electron chi connectivity index (χ4n) is 6.44. The topological polar surface area (TPSA) is 81.7 Å². The van der Waals surface area contributed by atoms with Gasteiger partial charge in [-0.05, 0) is 25.7 Å². The Kier molecular flexibility index (Phi) is 37.9. The van der Waals surface area contributed by atoms with Gasteiger partial charge in [-0.3, -0.25) is 9.59 Å². The smallest absolute Gasteiger partial charge is 0.328 e. The summed E-state index contributed by atoms with van der Waals surface area (Å²) in [4.78, 5) is 38.1. The molecule has 0 aliphatic heterocycles. The minimum Gasteiger partial charge on any atom is -0.466 e. The van der Waals surface area contributed by atoms with Crippen LogP contribution in [0.1, 0.15) is 239 Å². The van der Waals surface area contributed by atoms with E-state index in [9.17, 15) is 14.4 Å². The number of hydrogen-bond acceptors (Lipinski definition) is 5. The Bertz CT molecular complexity index is 727. The van der Waals surface area contributed by atoms with E-state index in [1.807, 2.05) is 0 Å². The molecule has 0 spiro atoms. The molecule has 0 saturated heterocycles. The molecule has 0 saturated carbocycles. The number of amides is 1. The molecule has 0 aromatic rings. The van der Waals surface area contributed by atoms with Gasteiger partial charge in [-0.25, -0.2) is 4.79 Å². The van der Waals surface area contributed by atoms with E-state index in [2.05, 4.69) is 26.1 Å². The van der Waals surface area contributed by atoms with E-state index in [0.29, 0.717) is 19.6 Å². The molecule has 0 aromatic carbocycles. The van der Waals surface area contributed by atoms with Crippen molar-refractivity contribution < 1.29 is 23.9 Å². The summed E-state index contributed by atoms with van der Waals surface area (Å²) in [6.45, 7) is 7.50. The van der Waals surface area contributed by atoms with Gasteiger partial charge in [-0.15, -0.1) is 0 Å². The average Bonchev–Trinajstić information content (AvgIpc) is 3.10. The number of carbonyl (C=O) groups is 3.